The van der Waals surface area contributed by atoms with E-state index in [0.717, 1.165) is 6.26 Å². The van der Waals surface area contributed by atoms with E-state index in [9.17, 15) is 18.0 Å². The van der Waals surface area contributed by atoms with Crippen LogP contribution >= 0.6 is 0 Å². The van der Waals surface area contributed by atoms with E-state index >= 15 is 0 Å². The number of rotatable bonds is 4. The van der Waals surface area contributed by atoms with E-state index in [1.807, 2.05) is 0 Å². The summed E-state index contributed by atoms with van der Waals surface area (Å²) >= 11 is 0. The number of anilines is 1. The van der Waals surface area contributed by atoms with Gasteiger partial charge in [-0.15, -0.1) is 0 Å². The number of amides is 1. The first kappa shape index (κ1) is 14.3. The van der Waals surface area contributed by atoms with Crippen LogP contribution in [0.25, 0.3) is 11.1 Å². The smallest absolute Gasteiger partial charge is 0.408 e. The van der Waals surface area contributed by atoms with Crippen LogP contribution in [0, 0.1) is 0 Å². The van der Waals surface area contributed by atoms with E-state index in [0.29, 0.717) is 16.8 Å². The van der Waals surface area contributed by atoms with Crippen molar-refractivity contribution in [3.8, 4) is 0 Å². The second-order valence-corrected chi connectivity index (χ2v) is 6.80. The first-order chi connectivity index (χ1) is 9.26. The molecule has 1 aromatic carbocycles. The fourth-order valence-electron chi connectivity index (χ4n) is 1.71. The lowest BCUT2D eigenvalue weighted by atomic mass is 10.2. The lowest BCUT2D eigenvalue weighted by Gasteiger charge is -2.04. The van der Waals surface area contributed by atoms with Crippen molar-refractivity contribution in [1.82, 2.24) is 4.57 Å². The van der Waals surface area contributed by atoms with Crippen LogP contribution in [0.2, 0.25) is 0 Å². The summed E-state index contributed by atoms with van der Waals surface area (Å²) in [6.45, 7) is 0. The molecule has 7 nitrogen and oxygen atoms in total. The summed E-state index contributed by atoms with van der Waals surface area (Å²) in [5.41, 5.74) is 1.42. The lowest BCUT2D eigenvalue weighted by Crippen LogP contribution is -2.16. The third-order valence-electron chi connectivity index (χ3n) is 2.78. The Hall–Kier alpha value is -2.09. The number of carbonyl (C=O) groups is 1. The molecule has 0 fully saturated rings. The second kappa shape index (κ2) is 5.12. The summed E-state index contributed by atoms with van der Waals surface area (Å²) < 4.78 is 28.3. The Labute approximate surface area is 115 Å². The molecular formula is C12H14N2O5S. The van der Waals surface area contributed by atoms with Crippen LogP contribution in [0.5, 0.6) is 0 Å². The van der Waals surface area contributed by atoms with Crippen molar-refractivity contribution >= 4 is 32.5 Å². The number of hydrogen-bond donors (Lipinski definition) is 1. The van der Waals surface area contributed by atoms with Crippen molar-refractivity contribution in [2.24, 2.45) is 7.05 Å². The second-order valence-electron chi connectivity index (χ2n) is 4.54. The zero-order valence-electron chi connectivity index (χ0n) is 11.0. The SMILES string of the molecule is Cn1c(=O)oc2cc(NC(=O)CCS(C)(=O)=O)ccc21. The third kappa shape index (κ3) is 3.27. The molecule has 0 aliphatic carbocycles. The zero-order valence-corrected chi connectivity index (χ0v) is 11.9. The molecule has 0 saturated carbocycles. The van der Waals surface area contributed by atoms with Gasteiger partial charge in [0.2, 0.25) is 5.91 Å². The summed E-state index contributed by atoms with van der Waals surface area (Å²) in [4.78, 5) is 22.9. The molecule has 2 rings (SSSR count). The normalized spacial score (nSPS) is 11.7. The van der Waals surface area contributed by atoms with Gasteiger partial charge in [0.05, 0.1) is 11.3 Å². The predicted octanol–water partition coefficient (Wildman–Crippen LogP) is 0.505. The molecular weight excluding hydrogens is 284 g/mol. The van der Waals surface area contributed by atoms with Crippen molar-refractivity contribution in [1.29, 1.82) is 0 Å². The first-order valence-corrected chi connectivity index (χ1v) is 7.89. The molecule has 1 N–H and O–H groups in total. The molecule has 0 aliphatic heterocycles. The quantitative estimate of drug-likeness (QED) is 0.886. The average molecular weight is 298 g/mol. The molecule has 0 spiro atoms. The van der Waals surface area contributed by atoms with E-state index in [1.165, 1.54) is 10.6 Å². The van der Waals surface area contributed by atoms with Crippen molar-refractivity contribution in [2.75, 3.05) is 17.3 Å². The molecule has 2 aromatic rings. The van der Waals surface area contributed by atoms with Crippen LogP contribution in [0.3, 0.4) is 0 Å². The molecule has 8 heteroatoms. The minimum Gasteiger partial charge on any atom is -0.408 e. The summed E-state index contributed by atoms with van der Waals surface area (Å²) in [6.07, 6.45) is 0.959. The minimum absolute atomic E-state index is 0.115. The first-order valence-electron chi connectivity index (χ1n) is 5.83. The summed E-state index contributed by atoms with van der Waals surface area (Å²) in [7, 11) is -1.59. The van der Waals surface area contributed by atoms with E-state index in [2.05, 4.69) is 5.32 Å². The molecule has 1 heterocycles. The number of sulfone groups is 1. The average Bonchev–Trinajstić information content (AvgIpc) is 2.61. The number of hydrogen-bond acceptors (Lipinski definition) is 5. The molecule has 0 atom stereocenters. The van der Waals surface area contributed by atoms with Crippen LogP contribution in [0.15, 0.2) is 27.4 Å². The third-order valence-corrected chi connectivity index (χ3v) is 3.72. The fourth-order valence-corrected chi connectivity index (χ4v) is 2.27. The van der Waals surface area contributed by atoms with Gasteiger partial charge in [-0.05, 0) is 12.1 Å². The Morgan fingerprint density at radius 3 is 2.75 bits per heavy atom. The largest absolute Gasteiger partial charge is 0.419 e. The van der Waals surface area contributed by atoms with Gasteiger partial charge >= 0.3 is 5.76 Å². The van der Waals surface area contributed by atoms with Gasteiger partial charge in [-0.25, -0.2) is 13.2 Å². The van der Waals surface area contributed by atoms with Gasteiger partial charge in [0.15, 0.2) is 5.58 Å². The van der Waals surface area contributed by atoms with E-state index < -0.39 is 21.5 Å². The topological polar surface area (TPSA) is 98.4 Å². The van der Waals surface area contributed by atoms with Crippen molar-refractivity contribution in [3.05, 3.63) is 28.7 Å². The predicted molar refractivity (Wildman–Crippen MR) is 74.4 cm³/mol. The highest BCUT2D eigenvalue weighted by atomic mass is 32.2. The van der Waals surface area contributed by atoms with Gasteiger partial charge in [-0.3, -0.25) is 9.36 Å². The number of aryl methyl sites for hydroxylation is 1. The maximum absolute atomic E-state index is 11.6. The number of benzene rings is 1. The van der Waals surface area contributed by atoms with Crippen molar-refractivity contribution in [2.45, 2.75) is 6.42 Å². The van der Waals surface area contributed by atoms with Gasteiger partial charge in [0, 0.05) is 31.5 Å². The number of fused-ring (bicyclic) bond motifs is 1. The summed E-state index contributed by atoms with van der Waals surface area (Å²) in [5.74, 6) is -1.10. The van der Waals surface area contributed by atoms with Crippen LogP contribution in [0.4, 0.5) is 5.69 Å². The van der Waals surface area contributed by atoms with Crippen LogP contribution < -0.4 is 11.1 Å². The molecule has 0 bridgehead atoms. The van der Waals surface area contributed by atoms with Gasteiger partial charge in [0.1, 0.15) is 9.84 Å². The highest BCUT2D eigenvalue weighted by molar-refractivity contribution is 7.90. The number of nitrogens with one attached hydrogen (secondary N) is 1. The van der Waals surface area contributed by atoms with Crippen LogP contribution in [-0.2, 0) is 21.7 Å². The number of oxazole rings is 1. The summed E-state index contributed by atoms with van der Waals surface area (Å²) in [5, 5.41) is 2.56. The standard InChI is InChI=1S/C12H14N2O5S/c1-14-9-4-3-8(7-10(9)19-12(14)16)13-11(15)5-6-20(2,17)18/h3-4,7H,5-6H2,1-2H3,(H,13,15). The Morgan fingerprint density at radius 2 is 2.10 bits per heavy atom. The van der Waals surface area contributed by atoms with Crippen molar-refractivity contribution < 1.29 is 17.6 Å². The van der Waals surface area contributed by atoms with E-state index in [1.54, 1.807) is 19.2 Å². The Morgan fingerprint density at radius 1 is 1.40 bits per heavy atom. The maximum atomic E-state index is 11.6. The highest BCUT2D eigenvalue weighted by Gasteiger charge is 2.10. The van der Waals surface area contributed by atoms with E-state index in [4.69, 9.17) is 4.42 Å². The minimum atomic E-state index is -3.17. The molecule has 1 amide bonds. The molecule has 1 aromatic heterocycles. The highest BCUT2D eigenvalue weighted by Crippen LogP contribution is 2.17. The van der Waals surface area contributed by atoms with Gasteiger partial charge in [0.25, 0.3) is 0 Å². The molecule has 108 valence electrons. The van der Waals surface area contributed by atoms with Crippen LogP contribution in [-0.4, -0.2) is 30.9 Å². The van der Waals surface area contributed by atoms with Gasteiger partial charge in [-0.2, -0.15) is 0 Å². The van der Waals surface area contributed by atoms with Gasteiger partial charge < -0.3 is 9.73 Å². The Kier molecular flexibility index (Phi) is 3.67. The zero-order chi connectivity index (χ0) is 14.9. The molecule has 20 heavy (non-hydrogen) atoms. The summed E-state index contributed by atoms with van der Waals surface area (Å²) in [6, 6.07) is 4.79. The molecule has 0 radical (unpaired) electrons. The van der Waals surface area contributed by atoms with Gasteiger partial charge in [-0.1, -0.05) is 0 Å². The number of aromatic nitrogens is 1. The number of nitrogens with zero attached hydrogens (tertiary/aromatic N) is 1. The molecule has 0 aliphatic rings. The number of carbonyl (C=O) groups excluding carboxylic acids is 1. The Balaban J connectivity index is 2.14. The Bertz CT molecular complexity index is 816. The van der Waals surface area contributed by atoms with E-state index in [-0.39, 0.29) is 12.2 Å². The molecule has 0 saturated heterocycles. The van der Waals surface area contributed by atoms with Crippen LogP contribution in [0.1, 0.15) is 6.42 Å². The maximum Gasteiger partial charge on any atom is 0.419 e. The lowest BCUT2D eigenvalue weighted by molar-refractivity contribution is -0.115. The fraction of sp³-hybridized carbons (Fsp3) is 0.333. The monoisotopic (exact) mass is 298 g/mol. The molecule has 0 unspecified atom stereocenters. The van der Waals surface area contributed by atoms with Crippen molar-refractivity contribution in [3.63, 3.8) is 0 Å².